The van der Waals surface area contributed by atoms with Crippen molar-refractivity contribution in [3.63, 3.8) is 0 Å². The number of aryl methyl sites for hydroxylation is 1. The van der Waals surface area contributed by atoms with Gasteiger partial charge in [-0.05, 0) is 52.1 Å². The molecule has 0 aliphatic carbocycles. The number of benzene rings is 3. The molecule has 43 heavy (non-hydrogen) atoms. The number of esters is 1. The fourth-order valence-corrected chi connectivity index (χ4v) is 5.00. The molecule has 1 unspecified atom stereocenters. The molecule has 3 aromatic carbocycles. The van der Waals surface area contributed by atoms with Gasteiger partial charge in [-0.3, -0.25) is 9.09 Å². The van der Waals surface area contributed by atoms with Gasteiger partial charge in [0, 0.05) is 5.56 Å². The van der Waals surface area contributed by atoms with Gasteiger partial charge in [0.2, 0.25) is 0 Å². The molecular formula is C30H25N4O8P. The van der Waals surface area contributed by atoms with E-state index in [9.17, 15) is 14.4 Å². The molecule has 0 radical (unpaired) electrons. The summed E-state index contributed by atoms with van der Waals surface area (Å²) in [6.45, 7) is 3.87. The molecule has 3 heterocycles. The van der Waals surface area contributed by atoms with Crippen LogP contribution in [0.5, 0.6) is 6.01 Å². The summed E-state index contributed by atoms with van der Waals surface area (Å²) >= 11 is 0. The average Bonchev–Trinajstić information content (AvgIpc) is 3.65. The van der Waals surface area contributed by atoms with E-state index in [-0.39, 0.29) is 23.7 Å². The van der Waals surface area contributed by atoms with Gasteiger partial charge in [-0.15, -0.1) is 0 Å². The Balaban J connectivity index is 1.32. The minimum absolute atomic E-state index is 0.139. The van der Waals surface area contributed by atoms with Crippen LogP contribution in [0.25, 0.3) is 33.5 Å². The molecule has 0 bridgehead atoms. The Labute approximate surface area is 245 Å². The molecular weight excluding hydrogens is 575 g/mol. The molecule has 12 nitrogen and oxygen atoms in total. The largest absolute Gasteiger partial charge is 0.519 e. The van der Waals surface area contributed by atoms with Crippen molar-refractivity contribution in [3.05, 3.63) is 111 Å². The van der Waals surface area contributed by atoms with Gasteiger partial charge in [-0.25, -0.2) is 18.7 Å². The quantitative estimate of drug-likeness (QED) is 0.167. The van der Waals surface area contributed by atoms with Crippen molar-refractivity contribution in [3.8, 4) is 28.5 Å². The van der Waals surface area contributed by atoms with Crippen LogP contribution in [-0.2, 0) is 17.9 Å². The third kappa shape index (κ3) is 5.40. The first-order chi connectivity index (χ1) is 20.8. The van der Waals surface area contributed by atoms with Crippen molar-refractivity contribution < 1.29 is 27.6 Å². The van der Waals surface area contributed by atoms with Crippen LogP contribution in [0.4, 0.5) is 0 Å². The SMILES string of the molecule is CCOc1nc2cccc(C(=O)OCc3oc(=O)oc3C)c2n1Cc1ccc(-c2ccccc2-c2noc(=O)n2P)cc1. The smallest absolute Gasteiger partial charge is 0.465 e. The molecule has 218 valence electrons. The number of hydrogen-bond donors (Lipinski definition) is 0. The van der Waals surface area contributed by atoms with E-state index in [0.29, 0.717) is 36.0 Å². The lowest BCUT2D eigenvalue weighted by Gasteiger charge is -2.13. The highest BCUT2D eigenvalue weighted by atomic mass is 31.0. The molecule has 0 spiro atoms. The van der Waals surface area contributed by atoms with Gasteiger partial charge in [-0.2, -0.15) is 4.98 Å². The van der Waals surface area contributed by atoms with E-state index in [1.54, 1.807) is 25.1 Å². The van der Waals surface area contributed by atoms with E-state index < -0.39 is 17.5 Å². The van der Waals surface area contributed by atoms with E-state index in [0.717, 1.165) is 22.3 Å². The van der Waals surface area contributed by atoms with Gasteiger partial charge >= 0.3 is 17.5 Å². The summed E-state index contributed by atoms with van der Waals surface area (Å²) in [5, 5.41) is 3.92. The lowest BCUT2D eigenvalue weighted by atomic mass is 9.98. The van der Waals surface area contributed by atoms with E-state index in [1.165, 1.54) is 4.34 Å². The van der Waals surface area contributed by atoms with Gasteiger partial charge in [0.1, 0.15) is 0 Å². The second-order valence-corrected chi connectivity index (χ2v) is 10.00. The lowest BCUT2D eigenvalue weighted by molar-refractivity contribution is 0.0444. The number of nitrogens with zero attached hydrogens (tertiary/aromatic N) is 4. The normalized spacial score (nSPS) is 11.2. The fourth-order valence-electron chi connectivity index (χ4n) is 4.77. The minimum Gasteiger partial charge on any atom is -0.465 e. The van der Waals surface area contributed by atoms with Crippen molar-refractivity contribution in [1.82, 2.24) is 19.0 Å². The monoisotopic (exact) mass is 600 g/mol. The zero-order valence-corrected chi connectivity index (χ0v) is 24.3. The van der Waals surface area contributed by atoms with Gasteiger partial charge in [0.15, 0.2) is 24.0 Å². The van der Waals surface area contributed by atoms with Crippen LogP contribution in [-0.4, -0.2) is 31.6 Å². The van der Waals surface area contributed by atoms with Crippen molar-refractivity contribution in [2.24, 2.45) is 0 Å². The van der Waals surface area contributed by atoms with Crippen molar-refractivity contribution in [1.29, 1.82) is 0 Å². The molecule has 13 heteroatoms. The number of carbonyl (C=O) groups is 1. The predicted octanol–water partition coefficient (Wildman–Crippen LogP) is 4.82. The molecule has 3 aromatic heterocycles. The van der Waals surface area contributed by atoms with Crippen LogP contribution in [0.2, 0.25) is 0 Å². The molecule has 0 aliphatic rings. The standard InChI is InChI=1S/C30H25N4O8P/c1-3-38-28-31-23-10-6-9-22(27(35)39-16-24-17(2)40-30(37)41-24)25(23)33(28)15-18-11-13-19(14-12-18)20-7-4-5-8-21(20)26-32-42-29(36)34(26)43/h4-14H,3,15-16,43H2,1-2H3. The number of aromatic nitrogens is 4. The summed E-state index contributed by atoms with van der Waals surface area (Å²) in [4.78, 5) is 41.0. The number of hydrogen-bond acceptors (Lipinski definition) is 10. The summed E-state index contributed by atoms with van der Waals surface area (Å²) in [5.41, 5.74) is 4.82. The Morgan fingerprint density at radius 2 is 1.74 bits per heavy atom. The molecule has 0 amide bonds. The van der Waals surface area contributed by atoms with E-state index in [1.807, 2.05) is 60.0 Å². The molecule has 0 saturated carbocycles. The fraction of sp³-hybridized carbons (Fsp3) is 0.167. The third-order valence-electron chi connectivity index (χ3n) is 6.80. The lowest BCUT2D eigenvalue weighted by Crippen LogP contribution is -2.10. The summed E-state index contributed by atoms with van der Waals surface area (Å²) in [6.07, 6.45) is 0. The molecule has 6 aromatic rings. The third-order valence-corrected chi connectivity index (χ3v) is 7.26. The van der Waals surface area contributed by atoms with E-state index >= 15 is 0 Å². The maximum absolute atomic E-state index is 13.2. The van der Waals surface area contributed by atoms with Gasteiger partial charge in [-0.1, -0.05) is 59.8 Å². The number of para-hydroxylation sites is 1. The summed E-state index contributed by atoms with van der Waals surface area (Å²) in [7, 11) is 2.31. The number of fused-ring (bicyclic) bond motifs is 1. The highest BCUT2D eigenvalue weighted by Crippen LogP contribution is 2.32. The second-order valence-electron chi connectivity index (χ2n) is 9.48. The maximum atomic E-state index is 13.2. The first-order valence-corrected chi connectivity index (χ1v) is 13.8. The second kappa shape index (κ2) is 11.6. The van der Waals surface area contributed by atoms with Crippen LogP contribution in [0.1, 0.15) is 34.4 Å². The number of carbonyl (C=O) groups excluding carboxylic acids is 1. The zero-order chi connectivity index (χ0) is 30.1. The van der Waals surface area contributed by atoms with Crippen molar-refractivity contribution in [2.45, 2.75) is 27.0 Å². The van der Waals surface area contributed by atoms with E-state index in [4.69, 9.17) is 22.8 Å². The summed E-state index contributed by atoms with van der Waals surface area (Å²) in [5.74, 6) is -1.28. The Morgan fingerprint density at radius 1 is 0.977 bits per heavy atom. The van der Waals surface area contributed by atoms with Crippen molar-refractivity contribution >= 4 is 26.4 Å². The Kier molecular flexibility index (Phi) is 7.52. The van der Waals surface area contributed by atoms with Crippen molar-refractivity contribution in [2.75, 3.05) is 6.61 Å². The van der Waals surface area contributed by atoms with Crippen LogP contribution in [0.15, 0.2) is 89.7 Å². The van der Waals surface area contributed by atoms with Crippen LogP contribution >= 0.6 is 9.39 Å². The van der Waals surface area contributed by atoms with Gasteiger partial charge in [0.25, 0.3) is 6.01 Å². The summed E-state index contributed by atoms with van der Waals surface area (Å²) in [6, 6.07) is 21.0. The maximum Gasteiger partial charge on any atom is 0.519 e. The highest BCUT2D eigenvalue weighted by Gasteiger charge is 2.22. The topological polar surface area (TPSA) is 145 Å². The molecule has 0 fully saturated rings. The summed E-state index contributed by atoms with van der Waals surface area (Å²) < 4.78 is 29.0. The van der Waals surface area contributed by atoms with E-state index in [2.05, 4.69) is 19.5 Å². The van der Waals surface area contributed by atoms with Gasteiger partial charge in [0.05, 0.1) is 29.7 Å². The Morgan fingerprint density at radius 3 is 2.42 bits per heavy atom. The minimum atomic E-state index is -0.859. The predicted molar refractivity (Wildman–Crippen MR) is 158 cm³/mol. The number of rotatable bonds is 9. The molecule has 6 rings (SSSR count). The first-order valence-electron chi connectivity index (χ1n) is 13.2. The van der Waals surface area contributed by atoms with Crippen LogP contribution in [0, 0.1) is 6.92 Å². The number of imidazole rings is 1. The first kappa shape index (κ1) is 27.9. The van der Waals surface area contributed by atoms with Gasteiger partial charge < -0.3 is 18.3 Å². The number of ether oxygens (including phenoxy) is 2. The molecule has 1 atom stereocenters. The Bertz CT molecular complexity index is 2070. The molecule has 0 aliphatic heterocycles. The van der Waals surface area contributed by atoms with Crippen LogP contribution in [0.3, 0.4) is 0 Å². The molecule has 0 N–H and O–H groups in total. The van der Waals surface area contributed by atoms with Crippen LogP contribution < -0.4 is 16.3 Å². The highest BCUT2D eigenvalue weighted by molar-refractivity contribution is 7.14. The Hall–Kier alpha value is -5.22. The molecule has 0 saturated heterocycles. The zero-order valence-electron chi connectivity index (χ0n) is 23.1. The average molecular weight is 601 g/mol.